The smallest absolute Gasteiger partial charge is 0.160 e. The molecule has 0 spiro atoms. The molecule has 5 rings (SSSR count). The van der Waals surface area contributed by atoms with Crippen molar-refractivity contribution in [1.29, 1.82) is 0 Å². The van der Waals surface area contributed by atoms with Crippen LogP contribution in [0.15, 0.2) is 97.1 Å². The van der Waals surface area contributed by atoms with Gasteiger partial charge in [-0.05, 0) is 90.2 Å². The zero-order valence-corrected chi connectivity index (χ0v) is 32.1. The molecular weight excluding hydrogens is 663 g/mol. The largest absolute Gasteiger partial charge is 0.311 e. The van der Waals surface area contributed by atoms with E-state index < -0.39 is 0 Å². The minimum atomic E-state index is 0.737. The van der Waals surface area contributed by atoms with Crippen LogP contribution in [0, 0.1) is 0 Å². The molecular formula is C46H55NO2S2. The molecule has 0 bridgehead atoms. The second kappa shape index (κ2) is 21.5. The number of carbonyl (C=O) groups is 2. The van der Waals surface area contributed by atoms with E-state index in [1.54, 1.807) is 0 Å². The fourth-order valence-electron chi connectivity index (χ4n) is 6.83. The van der Waals surface area contributed by atoms with Gasteiger partial charge in [-0.1, -0.05) is 140 Å². The molecule has 0 saturated heterocycles. The van der Waals surface area contributed by atoms with Gasteiger partial charge in [0, 0.05) is 26.8 Å². The van der Waals surface area contributed by atoms with E-state index in [4.69, 9.17) is 0 Å². The van der Waals surface area contributed by atoms with Crippen molar-refractivity contribution in [2.75, 3.05) is 4.90 Å². The molecule has 0 atom stereocenters. The Bertz CT molecular complexity index is 1630. The van der Waals surface area contributed by atoms with Crippen molar-refractivity contribution in [2.24, 2.45) is 0 Å². The molecule has 0 radical (unpaired) electrons. The number of carbonyl (C=O) groups excluding carboxylic acids is 2. The maximum absolute atomic E-state index is 11.2. The summed E-state index contributed by atoms with van der Waals surface area (Å²) in [6, 6.07) is 34.0. The minimum Gasteiger partial charge on any atom is -0.311 e. The summed E-state index contributed by atoms with van der Waals surface area (Å²) in [5, 5.41) is 0. The number of aryl methyl sites for hydroxylation is 1. The quantitative estimate of drug-likeness (QED) is 0.0471. The van der Waals surface area contributed by atoms with Gasteiger partial charge in [0.1, 0.15) is 0 Å². The fourth-order valence-corrected chi connectivity index (χ4v) is 8.48. The summed E-state index contributed by atoms with van der Waals surface area (Å²) in [5.74, 6) is 0. The van der Waals surface area contributed by atoms with E-state index >= 15 is 0 Å². The van der Waals surface area contributed by atoms with E-state index in [9.17, 15) is 9.59 Å². The van der Waals surface area contributed by atoms with Gasteiger partial charge in [-0.25, -0.2) is 0 Å². The lowest BCUT2D eigenvalue weighted by atomic mass is 10.0. The van der Waals surface area contributed by atoms with Crippen LogP contribution in [0.25, 0.3) is 20.9 Å². The molecule has 0 aliphatic heterocycles. The standard InChI is InChI=1S/C46H55NO2S2/c1-2-3-4-5-6-7-8-9-10-11-12-13-14-15-16-17-18-37-19-25-40(26-20-37)47(41-27-21-38(22-28-41)45-33-31-43(35-48)50-45)42-29-23-39(24-30-42)46-34-32-44(36-49)51-46/h19-36H,2-18H2,1H3. The molecule has 0 fully saturated rings. The Morgan fingerprint density at radius 3 is 1.14 bits per heavy atom. The van der Waals surface area contributed by atoms with E-state index in [2.05, 4.69) is 84.6 Å². The molecule has 0 N–H and O–H groups in total. The molecule has 0 aliphatic carbocycles. The Hall–Kier alpha value is -3.80. The van der Waals surface area contributed by atoms with Gasteiger partial charge >= 0.3 is 0 Å². The highest BCUT2D eigenvalue weighted by molar-refractivity contribution is 7.17. The van der Waals surface area contributed by atoms with E-state index in [0.717, 1.165) is 66.7 Å². The summed E-state index contributed by atoms with van der Waals surface area (Å²) in [5.41, 5.74) is 6.86. The molecule has 51 heavy (non-hydrogen) atoms. The van der Waals surface area contributed by atoms with Crippen LogP contribution in [0.5, 0.6) is 0 Å². The van der Waals surface area contributed by atoms with Crippen molar-refractivity contribution in [3.63, 3.8) is 0 Å². The summed E-state index contributed by atoms with van der Waals surface area (Å²) in [6.45, 7) is 2.29. The van der Waals surface area contributed by atoms with Crippen LogP contribution in [-0.4, -0.2) is 12.6 Å². The number of thiophene rings is 2. The second-order valence-electron chi connectivity index (χ2n) is 13.8. The van der Waals surface area contributed by atoms with Gasteiger partial charge in [-0.15, -0.1) is 22.7 Å². The Morgan fingerprint density at radius 1 is 0.431 bits per heavy atom. The van der Waals surface area contributed by atoms with Crippen molar-refractivity contribution in [3.05, 3.63) is 112 Å². The van der Waals surface area contributed by atoms with Crippen LogP contribution >= 0.6 is 22.7 Å². The van der Waals surface area contributed by atoms with Gasteiger partial charge in [-0.3, -0.25) is 9.59 Å². The Labute approximate surface area is 314 Å². The van der Waals surface area contributed by atoms with Crippen LogP contribution < -0.4 is 4.90 Å². The Kier molecular flexibility index (Phi) is 16.2. The number of benzene rings is 3. The van der Waals surface area contributed by atoms with Crippen LogP contribution in [0.4, 0.5) is 17.1 Å². The number of hydrogen-bond donors (Lipinski definition) is 0. The number of nitrogens with zero attached hydrogens (tertiary/aromatic N) is 1. The predicted molar refractivity (Wildman–Crippen MR) is 222 cm³/mol. The molecule has 0 aliphatic rings. The molecule has 268 valence electrons. The predicted octanol–water partition coefficient (Wildman–Crippen LogP) is 15.0. The number of rotatable bonds is 24. The second-order valence-corrected chi connectivity index (χ2v) is 16.0. The average Bonchev–Trinajstić information content (AvgIpc) is 3.87. The number of unbranched alkanes of at least 4 members (excludes halogenated alkanes) is 15. The molecule has 0 amide bonds. The topological polar surface area (TPSA) is 37.4 Å². The van der Waals surface area contributed by atoms with Crippen molar-refractivity contribution in [2.45, 2.75) is 116 Å². The molecule has 0 unspecified atom stereocenters. The summed E-state index contributed by atoms with van der Waals surface area (Å²) in [7, 11) is 0. The average molecular weight is 718 g/mol. The van der Waals surface area contributed by atoms with Gasteiger partial charge in [0.05, 0.1) is 9.75 Å². The molecule has 3 aromatic carbocycles. The first-order valence-corrected chi connectivity index (χ1v) is 21.0. The highest BCUT2D eigenvalue weighted by Gasteiger charge is 2.14. The zero-order valence-electron chi connectivity index (χ0n) is 30.5. The fraction of sp³-hybridized carbons (Fsp3) is 0.391. The third-order valence-electron chi connectivity index (χ3n) is 9.82. The number of aldehydes is 2. The Balaban J connectivity index is 1.12. The van der Waals surface area contributed by atoms with Crippen molar-refractivity contribution in [3.8, 4) is 20.9 Å². The first kappa shape index (κ1) is 38.4. The van der Waals surface area contributed by atoms with E-state index in [-0.39, 0.29) is 0 Å². The SMILES string of the molecule is CCCCCCCCCCCCCCCCCCc1ccc(N(c2ccc(-c3ccc(C=O)s3)cc2)c2ccc(-c3ccc(C=O)s3)cc2)cc1. The summed E-state index contributed by atoms with van der Waals surface area (Å²) < 4.78 is 0. The lowest BCUT2D eigenvalue weighted by Gasteiger charge is -2.26. The van der Waals surface area contributed by atoms with E-state index in [0.29, 0.717) is 0 Å². The van der Waals surface area contributed by atoms with Crippen LogP contribution in [0.1, 0.15) is 135 Å². The van der Waals surface area contributed by atoms with Crippen LogP contribution in [-0.2, 0) is 6.42 Å². The minimum absolute atomic E-state index is 0.737. The third kappa shape index (κ3) is 12.1. The molecule has 3 nitrogen and oxygen atoms in total. The first-order chi connectivity index (χ1) is 25.2. The lowest BCUT2D eigenvalue weighted by molar-refractivity contribution is 0.111. The van der Waals surface area contributed by atoms with E-state index in [1.165, 1.54) is 131 Å². The highest BCUT2D eigenvalue weighted by Crippen LogP contribution is 2.38. The van der Waals surface area contributed by atoms with Crippen molar-refractivity contribution in [1.82, 2.24) is 0 Å². The maximum Gasteiger partial charge on any atom is 0.160 e. The number of hydrogen-bond acceptors (Lipinski definition) is 5. The van der Waals surface area contributed by atoms with Crippen LogP contribution in [0.2, 0.25) is 0 Å². The monoisotopic (exact) mass is 717 g/mol. The molecule has 5 aromatic rings. The van der Waals surface area contributed by atoms with Gasteiger partial charge < -0.3 is 4.90 Å². The summed E-state index contributed by atoms with van der Waals surface area (Å²) in [6.07, 6.45) is 25.2. The first-order valence-electron chi connectivity index (χ1n) is 19.4. The third-order valence-corrected chi connectivity index (χ3v) is 11.9. The van der Waals surface area contributed by atoms with Gasteiger partial charge in [0.15, 0.2) is 12.6 Å². The van der Waals surface area contributed by atoms with E-state index in [1.807, 2.05) is 24.3 Å². The van der Waals surface area contributed by atoms with Gasteiger partial charge in [-0.2, -0.15) is 0 Å². The summed E-state index contributed by atoms with van der Waals surface area (Å²) in [4.78, 5) is 28.4. The molecule has 5 heteroatoms. The lowest BCUT2D eigenvalue weighted by Crippen LogP contribution is -2.10. The molecule has 2 aromatic heterocycles. The maximum atomic E-state index is 11.2. The highest BCUT2D eigenvalue weighted by atomic mass is 32.1. The van der Waals surface area contributed by atoms with Gasteiger partial charge in [0.2, 0.25) is 0 Å². The van der Waals surface area contributed by atoms with Crippen molar-refractivity contribution >= 4 is 52.3 Å². The zero-order chi connectivity index (χ0) is 35.5. The molecule has 2 heterocycles. The molecule has 0 saturated carbocycles. The van der Waals surface area contributed by atoms with Gasteiger partial charge in [0.25, 0.3) is 0 Å². The van der Waals surface area contributed by atoms with Crippen LogP contribution in [0.3, 0.4) is 0 Å². The summed E-state index contributed by atoms with van der Waals surface area (Å²) >= 11 is 3.03. The van der Waals surface area contributed by atoms with Crippen molar-refractivity contribution < 1.29 is 9.59 Å². The normalized spacial score (nSPS) is 11.2. The Morgan fingerprint density at radius 2 is 0.784 bits per heavy atom. The number of anilines is 3.